The van der Waals surface area contributed by atoms with Crippen LogP contribution in [0.25, 0.3) is 0 Å². The van der Waals surface area contributed by atoms with Crippen LogP contribution in [0.3, 0.4) is 0 Å². The molecular weight excluding hydrogens is 414 g/mol. The van der Waals surface area contributed by atoms with Crippen molar-refractivity contribution in [3.63, 3.8) is 0 Å². The first kappa shape index (κ1) is 27.5. The lowest BCUT2D eigenvalue weighted by Gasteiger charge is -2.25. The van der Waals surface area contributed by atoms with E-state index in [1.165, 1.54) is 0 Å². The van der Waals surface area contributed by atoms with E-state index in [0.29, 0.717) is 6.42 Å². The van der Waals surface area contributed by atoms with Crippen LogP contribution < -0.4 is 33.2 Å². The maximum Gasteiger partial charge on any atom is 0.327 e. The number of nitrogens with zero attached hydrogens (tertiary/aromatic N) is 1. The molecule has 0 aliphatic rings. The van der Waals surface area contributed by atoms with Crippen LogP contribution in [0.2, 0.25) is 0 Å². The predicted molar refractivity (Wildman–Crippen MR) is 116 cm³/mol. The maximum absolute atomic E-state index is 12.7. The molecule has 13 heteroatoms. The molecule has 0 saturated carbocycles. The summed E-state index contributed by atoms with van der Waals surface area (Å²) in [5, 5.41) is 16.5. The van der Waals surface area contributed by atoms with Crippen molar-refractivity contribution in [3.8, 4) is 0 Å². The van der Waals surface area contributed by atoms with Gasteiger partial charge in [-0.05, 0) is 25.2 Å². The van der Waals surface area contributed by atoms with Crippen LogP contribution in [0.1, 0.15) is 33.1 Å². The number of carbonyl (C=O) groups excluding carboxylic acids is 3. The molecule has 3 amide bonds. The largest absolute Gasteiger partial charge is 0.480 e. The fraction of sp³-hybridized carbons (Fsp3) is 0.706. The first-order chi connectivity index (χ1) is 14.0. The molecule has 172 valence electrons. The van der Waals surface area contributed by atoms with Crippen LogP contribution in [0.15, 0.2) is 4.99 Å². The minimum atomic E-state index is -1.24. The van der Waals surface area contributed by atoms with Gasteiger partial charge in [-0.1, -0.05) is 13.8 Å². The van der Waals surface area contributed by atoms with E-state index < -0.39 is 41.8 Å². The monoisotopic (exact) mass is 447 g/mol. The van der Waals surface area contributed by atoms with Crippen LogP contribution in [0.4, 0.5) is 0 Å². The van der Waals surface area contributed by atoms with Gasteiger partial charge >= 0.3 is 5.97 Å². The molecule has 30 heavy (non-hydrogen) atoms. The van der Waals surface area contributed by atoms with Gasteiger partial charge in [-0.25, -0.2) is 4.79 Å². The van der Waals surface area contributed by atoms with E-state index in [4.69, 9.17) is 22.3 Å². The average Bonchev–Trinajstić information content (AvgIpc) is 2.66. The van der Waals surface area contributed by atoms with Crippen LogP contribution in [-0.4, -0.2) is 71.7 Å². The molecule has 3 unspecified atom stereocenters. The molecule has 0 radical (unpaired) electrons. The second-order valence-corrected chi connectivity index (χ2v) is 7.41. The lowest BCUT2D eigenvalue weighted by molar-refractivity contribution is -0.141. The molecule has 0 spiro atoms. The van der Waals surface area contributed by atoms with Gasteiger partial charge in [-0.3, -0.25) is 19.4 Å². The minimum absolute atomic E-state index is 0.0271. The zero-order valence-corrected chi connectivity index (χ0v) is 18.2. The average molecular weight is 448 g/mol. The predicted octanol–water partition coefficient (Wildman–Crippen LogP) is -2.49. The number of carboxylic acids is 1. The summed E-state index contributed by atoms with van der Waals surface area (Å²) in [6, 6.07) is -3.15. The topological polar surface area (TPSA) is 215 Å². The van der Waals surface area contributed by atoms with E-state index in [1.807, 2.05) is 13.8 Å². The smallest absolute Gasteiger partial charge is 0.327 e. The van der Waals surface area contributed by atoms with E-state index in [-0.39, 0.29) is 43.6 Å². The van der Waals surface area contributed by atoms with Crippen LogP contribution >= 0.6 is 12.6 Å². The Bertz CT molecular complexity index is 626. The highest BCUT2D eigenvalue weighted by Crippen LogP contribution is 2.08. The molecule has 0 bridgehead atoms. The molecule has 0 fully saturated rings. The third-order valence-corrected chi connectivity index (χ3v) is 4.28. The molecule has 0 rings (SSSR count). The fourth-order valence-electron chi connectivity index (χ4n) is 2.46. The summed E-state index contributed by atoms with van der Waals surface area (Å²) < 4.78 is 0. The summed E-state index contributed by atoms with van der Waals surface area (Å²) in [7, 11) is 0. The Morgan fingerprint density at radius 1 is 1.00 bits per heavy atom. The van der Waals surface area contributed by atoms with Gasteiger partial charge < -0.3 is 38.3 Å². The molecule has 0 aromatic carbocycles. The second kappa shape index (κ2) is 14.4. The summed E-state index contributed by atoms with van der Waals surface area (Å²) in [4.78, 5) is 52.0. The molecule has 0 aliphatic carbocycles. The molecule has 0 saturated heterocycles. The zero-order valence-electron chi connectivity index (χ0n) is 17.3. The fourth-order valence-corrected chi connectivity index (χ4v) is 2.71. The van der Waals surface area contributed by atoms with Gasteiger partial charge in [0.05, 0.1) is 6.54 Å². The van der Waals surface area contributed by atoms with Crippen LogP contribution in [0.5, 0.6) is 0 Å². The molecule has 12 nitrogen and oxygen atoms in total. The molecule has 0 aromatic heterocycles. The number of hydrogen-bond acceptors (Lipinski definition) is 7. The van der Waals surface area contributed by atoms with Gasteiger partial charge in [-0.2, -0.15) is 12.6 Å². The highest BCUT2D eigenvalue weighted by atomic mass is 32.1. The Morgan fingerprint density at radius 2 is 1.57 bits per heavy atom. The molecule has 3 atom stereocenters. The van der Waals surface area contributed by atoms with E-state index >= 15 is 0 Å². The number of thiol groups is 1. The number of guanidine groups is 1. The number of carbonyl (C=O) groups is 4. The molecule has 0 heterocycles. The van der Waals surface area contributed by atoms with Gasteiger partial charge in [0, 0.05) is 12.3 Å². The van der Waals surface area contributed by atoms with Gasteiger partial charge in [-0.15, -0.1) is 0 Å². The third-order valence-electron chi connectivity index (χ3n) is 3.92. The molecule has 10 N–H and O–H groups in total. The zero-order chi connectivity index (χ0) is 23.3. The summed E-state index contributed by atoms with van der Waals surface area (Å²) in [5.41, 5.74) is 15.8. The Labute approximate surface area is 181 Å². The van der Waals surface area contributed by atoms with Crippen molar-refractivity contribution in [1.29, 1.82) is 0 Å². The lowest BCUT2D eigenvalue weighted by Crippen LogP contribution is -2.56. The van der Waals surface area contributed by atoms with Crippen LogP contribution in [-0.2, 0) is 19.2 Å². The number of amides is 3. The third kappa shape index (κ3) is 11.5. The van der Waals surface area contributed by atoms with Crippen molar-refractivity contribution in [2.24, 2.45) is 28.1 Å². The van der Waals surface area contributed by atoms with Gasteiger partial charge in [0.1, 0.15) is 18.1 Å². The molecule has 0 aromatic rings. The Hall–Kier alpha value is -2.54. The first-order valence-corrected chi connectivity index (χ1v) is 10.1. The van der Waals surface area contributed by atoms with Crippen molar-refractivity contribution in [3.05, 3.63) is 0 Å². The summed E-state index contributed by atoms with van der Waals surface area (Å²) in [5.74, 6) is -3.19. The highest BCUT2D eigenvalue weighted by Gasteiger charge is 2.29. The molecule has 0 aliphatic heterocycles. The van der Waals surface area contributed by atoms with Crippen molar-refractivity contribution in [2.75, 3.05) is 18.8 Å². The Morgan fingerprint density at radius 3 is 2.03 bits per heavy atom. The number of aliphatic carboxylic acids is 1. The second-order valence-electron chi connectivity index (χ2n) is 7.05. The summed E-state index contributed by atoms with van der Waals surface area (Å²) in [6.45, 7) is 3.64. The normalized spacial score (nSPS) is 13.6. The Balaban J connectivity index is 5.27. The maximum atomic E-state index is 12.7. The standard InChI is InChI=1S/C17H33N7O5S/c1-9(2)6-11(15(27)24-12(8-30)16(28)29)23-14(26)10(22-13(25)7-18)4-3-5-21-17(19)20/h9-12,30H,3-8,18H2,1-2H3,(H,22,25)(H,23,26)(H,24,27)(H,28,29)(H4,19,20,21). The lowest BCUT2D eigenvalue weighted by atomic mass is 10.0. The number of nitrogens with two attached hydrogens (primary N) is 3. The van der Waals surface area contributed by atoms with Gasteiger partial charge in [0.2, 0.25) is 17.7 Å². The van der Waals surface area contributed by atoms with Gasteiger partial charge in [0.25, 0.3) is 0 Å². The highest BCUT2D eigenvalue weighted by molar-refractivity contribution is 7.80. The SMILES string of the molecule is CC(C)CC(NC(=O)C(CCCN=C(N)N)NC(=O)CN)C(=O)NC(CS)C(=O)O. The van der Waals surface area contributed by atoms with E-state index in [9.17, 15) is 19.2 Å². The molecular formula is C17H33N7O5S. The quantitative estimate of drug-likeness (QED) is 0.0615. The number of aliphatic imine (C=N–C) groups is 1. The summed E-state index contributed by atoms with van der Waals surface area (Å²) >= 11 is 3.91. The van der Waals surface area contributed by atoms with Crippen LogP contribution in [0, 0.1) is 5.92 Å². The number of carboxylic acid groups (broad SMARTS) is 1. The van der Waals surface area contributed by atoms with E-state index in [1.54, 1.807) is 0 Å². The first-order valence-electron chi connectivity index (χ1n) is 9.51. The van der Waals surface area contributed by atoms with Crippen molar-refractivity contribution in [1.82, 2.24) is 16.0 Å². The number of nitrogens with one attached hydrogen (secondary N) is 3. The van der Waals surface area contributed by atoms with Crippen molar-refractivity contribution >= 4 is 42.3 Å². The number of hydrogen-bond donors (Lipinski definition) is 8. The van der Waals surface area contributed by atoms with E-state index in [2.05, 4.69) is 33.6 Å². The van der Waals surface area contributed by atoms with Gasteiger partial charge in [0.15, 0.2) is 5.96 Å². The van der Waals surface area contributed by atoms with E-state index in [0.717, 1.165) is 0 Å². The van der Waals surface area contributed by atoms with Crippen molar-refractivity contribution in [2.45, 2.75) is 51.2 Å². The Kier molecular flexibility index (Phi) is 13.2. The minimum Gasteiger partial charge on any atom is -0.480 e. The number of rotatable bonds is 14. The van der Waals surface area contributed by atoms with Crippen molar-refractivity contribution < 1.29 is 24.3 Å². The summed E-state index contributed by atoms with van der Waals surface area (Å²) in [6.07, 6.45) is 0.865.